The molecule has 1 fully saturated rings. The summed E-state index contributed by atoms with van der Waals surface area (Å²) in [5.74, 6) is -1.14. The number of piperazine rings is 1. The van der Waals surface area contributed by atoms with Crippen molar-refractivity contribution in [2.24, 2.45) is 5.14 Å². The molecule has 0 aromatic heterocycles. The fourth-order valence-corrected chi connectivity index (χ4v) is 2.77. The van der Waals surface area contributed by atoms with Crippen LogP contribution in [0.1, 0.15) is 5.56 Å². The lowest BCUT2D eigenvalue weighted by Crippen LogP contribution is -2.51. The summed E-state index contributed by atoms with van der Waals surface area (Å²) in [5, 5.41) is 10.7. The first-order valence-electron chi connectivity index (χ1n) is 7.27. The van der Waals surface area contributed by atoms with Gasteiger partial charge >= 0.3 is 11.8 Å². The second kappa shape index (κ2) is 7.53. The molecule has 0 saturated carbocycles. The van der Waals surface area contributed by atoms with Crippen molar-refractivity contribution in [2.75, 3.05) is 32.7 Å². The van der Waals surface area contributed by atoms with Crippen molar-refractivity contribution >= 4 is 21.8 Å². The molecule has 0 radical (unpaired) electrons. The van der Waals surface area contributed by atoms with Crippen LogP contribution in [-0.4, -0.2) is 57.9 Å². The summed E-state index contributed by atoms with van der Waals surface area (Å²) in [7, 11) is -3.70. The standard InChI is InChI=1S/C14H20N4O4S/c15-23(21,22)12-3-1-11(2-4-12)5-6-17-13(19)14(20)18-9-7-16-8-10-18/h1-4,16H,5-10H2,(H,17,19)(H2,15,21,22). The Morgan fingerprint density at radius 2 is 1.78 bits per heavy atom. The Kier molecular flexibility index (Phi) is 5.69. The van der Waals surface area contributed by atoms with Crippen LogP contribution in [0.3, 0.4) is 0 Å². The van der Waals surface area contributed by atoms with E-state index >= 15 is 0 Å². The molecule has 0 aliphatic carbocycles. The zero-order valence-electron chi connectivity index (χ0n) is 12.6. The van der Waals surface area contributed by atoms with Crippen LogP contribution in [0.25, 0.3) is 0 Å². The lowest BCUT2D eigenvalue weighted by molar-refractivity contribution is -0.146. The van der Waals surface area contributed by atoms with E-state index < -0.39 is 21.8 Å². The lowest BCUT2D eigenvalue weighted by Gasteiger charge is -2.26. The summed E-state index contributed by atoms with van der Waals surface area (Å²) in [6.45, 7) is 2.73. The maximum atomic E-state index is 11.9. The van der Waals surface area contributed by atoms with E-state index in [0.29, 0.717) is 39.1 Å². The van der Waals surface area contributed by atoms with Crippen LogP contribution in [0.5, 0.6) is 0 Å². The van der Waals surface area contributed by atoms with Crippen molar-refractivity contribution in [3.8, 4) is 0 Å². The number of amides is 2. The molecule has 0 atom stereocenters. The van der Waals surface area contributed by atoms with Gasteiger partial charge in [-0.05, 0) is 24.1 Å². The van der Waals surface area contributed by atoms with Gasteiger partial charge in [-0.3, -0.25) is 9.59 Å². The number of nitrogens with zero attached hydrogens (tertiary/aromatic N) is 1. The number of sulfonamides is 1. The third-order valence-electron chi connectivity index (χ3n) is 3.55. The number of nitrogens with one attached hydrogen (secondary N) is 2. The molecule has 0 bridgehead atoms. The van der Waals surface area contributed by atoms with Crippen LogP contribution < -0.4 is 15.8 Å². The van der Waals surface area contributed by atoms with Gasteiger partial charge in [0.05, 0.1) is 4.90 Å². The fraction of sp³-hybridized carbons (Fsp3) is 0.429. The molecule has 1 aromatic carbocycles. The number of hydrogen-bond donors (Lipinski definition) is 3. The van der Waals surface area contributed by atoms with E-state index in [2.05, 4.69) is 10.6 Å². The predicted octanol–water partition coefficient (Wildman–Crippen LogP) is -1.58. The third-order valence-corrected chi connectivity index (χ3v) is 4.48. The minimum atomic E-state index is -3.70. The topological polar surface area (TPSA) is 122 Å². The third kappa shape index (κ3) is 5.02. The van der Waals surface area contributed by atoms with Gasteiger partial charge in [0.1, 0.15) is 0 Å². The van der Waals surface area contributed by atoms with Crippen LogP contribution in [-0.2, 0) is 26.0 Å². The van der Waals surface area contributed by atoms with Gasteiger partial charge in [0.25, 0.3) is 0 Å². The average Bonchev–Trinajstić information content (AvgIpc) is 2.54. The van der Waals surface area contributed by atoms with E-state index in [1.807, 2.05) is 0 Å². The van der Waals surface area contributed by atoms with Crippen molar-refractivity contribution in [1.29, 1.82) is 0 Å². The van der Waals surface area contributed by atoms with Gasteiger partial charge < -0.3 is 15.5 Å². The molecule has 2 rings (SSSR count). The van der Waals surface area contributed by atoms with Gasteiger partial charge in [0.2, 0.25) is 10.0 Å². The number of primary sulfonamides is 1. The maximum absolute atomic E-state index is 11.9. The molecule has 1 aliphatic heterocycles. The number of carbonyl (C=O) groups excluding carboxylic acids is 2. The van der Waals surface area contributed by atoms with Gasteiger partial charge in [-0.25, -0.2) is 13.6 Å². The normalized spacial score (nSPS) is 15.3. The minimum absolute atomic E-state index is 0.0409. The zero-order valence-corrected chi connectivity index (χ0v) is 13.4. The molecular formula is C14H20N4O4S. The number of hydrogen-bond acceptors (Lipinski definition) is 5. The monoisotopic (exact) mass is 340 g/mol. The highest BCUT2D eigenvalue weighted by Crippen LogP contribution is 2.08. The Morgan fingerprint density at radius 1 is 1.17 bits per heavy atom. The summed E-state index contributed by atoms with van der Waals surface area (Å²) >= 11 is 0. The van der Waals surface area contributed by atoms with Gasteiger partial charge in [-0.15, -0.1) is 0 Å². The number of carbonyl (C=O) groups is 2. The van der Waals surface area contributed by atoms with Crippen LogP contribution in [0.4, 0.5) is 0 Å². The maximum Gasteiger partial charge on any atom is 0.311 e. The quantitative estimate of drug-likeness (QED) is 0.571. The van der Waals surface area contributed by atoms with E-state index in [1.54, 1.807) is 12.1 Å². The summed E-state index contributed by atoms with van der Waals surface area (Å²) in [4.78, 5) is 25.3. The summed E-state index contributed by atoms with van der Waals surface area (Å²) in [5.41, 5.74) is 0.840. The van der Waals surface area contributed by atoms with Crippen molar-refractivity contribution in [1.82, 2.24) is 15.5 Å². The second-order valence-corrected chi connectivity index (χ2v) is 6.80. The van der Waals surface area contributed by atoms with Gasteiger partial charge in [0, 0.05) is 32.7 Å². The Bertz CT molecular complexity index is 667. The van der Waals surface area contributed by atoms with Gasteiger partial charge in [-0.2, -0.15) is 0 Å². The van der Waals surface area contributed by atoms with E-state index in [0.717, 1.165) is 5.56 Å². The van der Waals surface area contributed by atoms with Crippen LogP contribution in [0, 0.1) is 0 Å². The predicted molar refractivity (Wildman–Crippen MR) is 84.0 cm³/mol. The summed E-state index contributed by atoms with van der Waals surface area (Å²) in [6, 6.07) is 6.09. The SMILES string of the molecule is NS(=O)(=O)c1ccc(CCNC(=O)C(=O)N2CCNCC2)cc1. The highest BCUT2D eigenvalue weighted by molar-refractivity contribution is 7.89. The molecule has 1 saturated heterocycles. The van der Waals surface area contributed by atoms with Crippen molar-refractivity contribution in [3.63, 3.8) is 0 Å². The molecule has 126 valence electrons. The molecule has 8 nitrogen and oxygen atoms in total. The number of nitrogens with two attached hydrogens (primary N) is 1. The van der Waals surface area contributed by atoms with Gasteiger partial charge in [0.15, 0.2) is 0 Å². The lowest BCUT2D eigenvalue weighted by atomic mass is 10.1. The van der Waals surface area contributed by atoms with Crippen LogP contribution >= 0.6 is 0 Å². The van der Waals surface area contributed by atoms with E-state index in [9.17, 15) is 18.0 Å². The van der Waals surface area contributed by atoms with E-state index in [4.69, 9.17) is 5.14 Å². The Balaban J connectivity index is 1.80. The van der Waals surface area contributed by atoms with Gasteiger partial charge in [-0.1, -0.05) is 12.1 Å². The molecule has 1 heterocycles. The summed E-state index contributed by atoms with van der Waals surface area (Å²) < 4.78 is 22.3. The first kappa shape index (κ1) is 17.4. The minimum Gasteiger partial charge on any atom is -0.347 e. The van der Waals surface area contributed by atoms with E-state index in [-0.39, 0.29) is 4.90 Å². The van der Waals surface area contributed by atoms with Crippen LogP contribution in [0.15, 0.2) is 29.2 Å². The first-order valence-corrected chi connectivity index (χ1v) is 8.82. The van der Waals surface area contributed by atoms with Crippen molar-refractivity contribution in [3.05, 3.63) is 29.8 Å². The molecule has 23 heavy (non-hydrogen) atoms. The molecule has 1 aromatic rings. The highest BCUT2D eigenvalue weighted by atomic mass is 32.2. The Hall–Kier alpha value is -1.97. The summed E-state index contributed by atoms with van der Waals surface area (Å²) in [6.07, 6.45) is 0.492. The molecule has 2 amide bonds. The van der Waals surface area contributed by atoms with Crippen molar-refractivity contribution < 1.29 is 18.0 Å². The smallest absolute Gasteiger partial charge is 0.311 e. The second-order valence-electron chi connectivity index (χ2n) is 5.24. The largest absolute Gasteiger partial charge is 0.347 e. The average molecular weight is 340 g/mol. The molecular weight excluding hydrogens is 320 g/mol. The number of rotatable bonds is 4. The molecule has 4 N–H and O–H groups in total. The molecule has 9 heteroatoms. The van der Waals surface area contributed by atoms with Crippen molar-refractivity contribution in [2.45, 2.75) is 11.3 Å². The van der Waals surface area contributed by atoms with Crippen LogP contribution in [0.2, 0.25) is 0 Å². The zero-order chi connectivity index (χ0) is 16.9. The number of benzene rings is 1. The highest BCUT2D eigenvalue weighted by Gasteiger charge is 2.22. The Labute approximate surface area is 135 Å². The first-order chi connectivity index (χ1) is 10.9. The molecule has 1 aliphatic rings. The molecule has 0 spiro atoms. The van der Waals surface area contributed by atoms with E-state index in [1.165, 1.54) is 17.0 Å². The Morgan fingerprint density at radius 3 is 2.35 bits per heavy atom. The fourth-order valence-electron chi connectivity index (χ4n) is 2.25. The molecule has 0 unspecified atom stereocenters.